The summed E-state index contributed by atoms with van der Waals surface area (Å²) < 4.78 is 34.2. The summed E-state index contributed by atoms with van der Waals surface area (Å²) in [5.41, 5.74) is 1.52. The highest BCUT2D eigenvalue weighted by Gasteiger charge is 2.27. The van der Waals surface area contributed by atoms with E-state index < -0.39 is 10.0 Å². The first-order valence-electron chi connectivity index (χ1n) is 10.9. The highest BCUT2D eigenvalue weighted by atomic mass is 79.9. The molecule has 0 bridgehead atoms. The molecule has 1 amide bonds. The number of thioether (sulfide) groups is 1. The zero-order valence-corrected chi connectivity index (χ0v) is 23.1. The molecule has 0 radical (unpaired) electrons. The van der Waals surface area contributed by atoms with E-state index in [0.717, 1.165) is 20.1 Å². The molecule has 0 aliphatic carbocycles. The van der Waals surface area contributed by atoms with Crippen molar-refractivity contribution in [2.45, 2.75) is 17.6 Å². The Hall–Kier alpha value is -2.20. The molecule has 3 aromatic carbocycles. The largest absolute Gasteiger partial charge is 0.494 e. The maximum absolute atomic E-state index is 13.4. The highest BCUT2D eigenvalue weighted by Crippen LogP contribution is 2.26. The average Bonchev–Trinajstić information content (AvgIpc) is 2.84. The van der Waals surface area contributed by atoms with Crippen LogP contribution in [0.5, 0.6) is 5.75 Å². The van der Waals surface area contributed by atoms with Crippen LogP contribution in [0.3, 0.4) is 0 Å². The van der Waals surface area contributed by atoms with E-state index in [1.165, 1.54) is 12.1 Å². The zero-order valence-electron chi connectivity index (χ0n) is 19.1. The summed E-state index contributed by atoms with van der Waals surface area (Å²) in [5.74, 6) is 1.73. The predicted molar refractivity (Wildman–Crippen MR) is 147 cm³/mol. The van der Waals surface area contributed by atoms with Crippen LogP contribution in [0.15, 0.2) is 82.2 Å². The topological polar surface area (TPSA) is 75.7 Å². The van der Waals surface area contributed by atoms with Gasteiger partial charge < -0.3 is 10.1 Å². The lowest BCUT2D eigenvalue weighted by Gasteiger charge is -2.24. The van der Waals surface area contributed by atoms with Crippen molar-refractivity contribution in [3.8, 4) is 5.75 Å². The van der Waals surface area contributed by atoms with E-state index in [9.17, 15) is 13.2 Å². The molecule has 0 saturated heterocycles. The van der Waals surface area contributed by atoms with Crippen molar-refractivity contribution in [1.29, 1.82) is 0 Å². The molecule has 0 heterocycles. The second-order valence-electron chi connectivity index (χ2n) is 7.42. The number of nitrogens with one attached hydrogen (secondary N) is 1. The Morgan fingerprint density at radius 3 is 2.31 bits per heavy atom. The first-order chi connectivity index (χ1) is 16.8. The number of hydrogen-bond acceptors (Lipinski definition) is 5. The first-order valence-corrected chi connectivity index (χ1v) is 14.7. The number of ether oxygens (including phenoxy) is 1. The van der Waals surface area contributed by atoms with Crippen molar-refractivity contribution in [2.24, 2.45) is 0 Å². The molecular formula is C25H26BrClN2O4S2. The van der Waals surface area contributed by atoms with Crippen LogP contribution in [0.2, 0.25) is 5.02 Å². The Morgan fingerprint density at radius 1 is 1.03 bits per heavy atom. The van der Waals surface area contributed by atoms with Gasteiger partial charge in [-0.25, -0.2) is 8.42 Å². The molecule has 35 heavy (non-hydrogen) atoms. The lowest BCUT2D eigenvalue weighted by Crippen LogP contribution is -2.41. The van der Waals surface area contributed by atoms with Gasteiger partial charge in [-0.1, -0.05) is 39.7 Å². The van der Waals surface area contributed by atoms with Gasteiger partial charge in [0.15, 0.2) is 0 Å². The Balaban J connectivity index is 1.66. The van der Waals surface area contributed by atoms with Gasteiger partial charge in [-0.15, -0.1) is 0 Å². The van der Waals surface area contributed by atoms with Gasteiger partial charge in [0, 0.05) is 27.5 Å². The van der Waals surface area contributed by atoms with Crippen molar-refractivity contribution in [1.82, 2.24) is 5.32 Å². The molecule has 0 aliphatic heterocycles. The smallest absolute Gasteiger partial charge is 0.264 e. The van der Waals surface area contributed by atoms with Crippen LogP contribution >= 0.6 is 39.3 Å². The second kappa shape index (κ2) is 13.2. The predicted octanol–water partition coefficient (Wildman–Crippen LogP) is 5.75. The number of rotatable bonds is 12. The number of sulfonamides is 1. The van der Waals surface area contributed by atoms with Gasteiger partial charge in [0.2, 0.25) is 5.91 Å². The number of amides is 1. The molecule has 0 spiro atoms. The maximum atomic E-state index is 13.4. The van der Waals surface area contributed by atoms with Gasteiger partial charge in [0.25, 0.3) is 10.0 Å². The third kappa shape index (κ3) is 8.17. The minimum atomic E-state index is -3.97. The van der Waals surface area contributed by atoms with E-state index in [1.807, 2.05) is 31.2 Å². The van der Waals surface area contributed by atoms with Crippen LogP contribution in [0.1, 0.15) is 12.5 Å². The number of halogens is 2. The standard InChI is InChI=1S/C25H26BrClN2O4S2/c1-2-33-23-11-9-22(10-12-23)29(35(31,32)24-13-5-20(26)6-14-24)17-25(30)28-15-16-34-18-19-3-7-21(27)8-4-19/h3-14H,2,15-18H2,1H3,(H,28,30). The fourth-order valence-corrected chi connectivity index (χ4v) is 5.77. The molecular weight excluding hydrogens is 572 g/mol. The van der Waals surface area contributed by atoms with Crippen LogP contribution in [0, 0.1) is 0 Å². The Morgan fingerprint density at radius 2 is 1.69 bits per heavy atom. The van der Waals surface area contributed by atoms with Crippen molar-refractivity contribution < 1.29 is 17.9 Å². The normalized spacial score (nSPS) is 11.2. The van der Waals surface area contributed by atoms with Crippen molar-refractivity contribution in [3.05, 3.63) is 87.9 Å². The van der Waals surface area contributed by atoms with Gasteiger partial charge in [-0.05, 0) is 73.2 Å². The van der Waals surface area contributed by atoms with E-state index in [-0.39, 0.29) is 17.3 Å². The lowest BCUT2D eigenvalue weighted by atomic mass is 10.2. The quantitative estimate of drug-likeness (QED) is 0.269. The number of carbonyl (C=O) groups is 1. The number of anilines is 1. The fraction of sp³-hybridized carbons (Fsp3) is 0.240. The SMILES string of the molecule is CCOc1ccc(N(CC(=O)NCCSCc2ccc(Cl)cc2)S(=O)(=O)c2ccc(Br)cc2)cc1. The van der Waals surface area contributed by atoms with Crippen LogP contribution in [0.4, 0.5) is 5.69 Å². The molecule has 0 fully saturated rings. The van der Waals surface area contributed by atoms with Crippen LogP contribution in [-0.2, 0) is 20.6 Å². The van der Waals surface area contributed by atoms with Crippen molar-refractivity contribution in [2.75, 3.05) is 29.8 Å². The fourth-order valence-electron chi connectivity index (χ4n) is 3.14. The highest BCUT2D eigenvalue weighted by molar-refractivity contribution is 9.10. The molecule has 0 atom stereocenters. The summed E-state index contributed by atoms with van der Waals surface area (Å²) >= 11 is 10.9. The van der Waals surface area contributed by atoms with Crippen LogP contribution < -0.4 is 14.4 Å². The monoisotopic (exact) mass is 596 g/mol. The number of benzene rings is 3. The van der Waals surface area contributed by atoms with Crippen molar-refractivity contribution >= 4 is 60.9 Å². The van der Waals surface area contributed by atoms with Crippen LogP contribution in [0.25, 0.3) is 0 Å². The third-order valence-corrected chi connectivity index (χ3v) is 8.47. The molecule has 0 aliphatic rings. The van der Waals surface area contributed by atoms with E-state index in [2.05, 4.69) is 21.2 Å². The van der Waals surface area contributed by atoms with Gasteiger partial charge in [-0.2, -0.15) is 11.8 Å². The Labute approximate surface area is 224 Å². The summed E-state index contributed by atoms with van der Waals surface area (Å²) in [6.07, 6.45) is 0. The zero-order chi connectivity index (χ0) is 25.3. The molecule has 186 valence electrons. The lowest BCUT2D eigenvalue weighted by molar-refractivity contribution is -0.119. The number of carbonyl (C=O) groups excluding carboxylic acids is 1. The van der Waals surface area contributed by atoms with Gasteiger partial charge in [0.1, 0.15) is 12.3 Å². The average molecular weight is 598 g/mol. The summed E-state index contributed by atoms with van der Waals surface area (Å²) in [5, 5.41) is 3.52. The minimum Gasteiger partial charge on any atom is -0.494 e. The molecule has 0 saturated carbocycles. The van der Waals surface area contributed by atoms with E-state index in [4.69, 9.17) is 16.3 Å². The summed E-state index contributed by atoms with van der Waals surface area (Å²) in [6.45, 7) is 2.45. The molecule has 0 aromatic heterocycles. The Kier molecular flexibility index (Phi) is 10.3. The van der Waals surface area contributed by atoms with Crippen molar-refractivity contribution in [3.63, 3.8) is 0 Å². The summed E-state index contributed by atoms with van der Waals surface area (Å²) in [4.78, 5) is 12.8. The first kappa shape index (κ1) is 27.4. The summed E-state index contributed by atoms with van der Waals surface area (Å²) in [6, 6.07) is 20.6. The number of hydrogen-bond donors (Lipinski definition) is 1. The maximum Gasteiger partial charge on any atom is 0.264 e. The summed E-state index contributed by atoms with van der Waals surface area (Å²) in [7, 11) is -3.97. The molecule has 1 N–H and O–H groups in total. The van der Waals surface area contributed by atoms with E-state index in [1.54, 1.807) is 48.2 Å². The second-order valence-corrected chi connectivity index (χ2v) is 11.7. The third-order valence-electron chi connectivity index (χ3n) is 4.88. The van der Waals surface area contributed by atoms with Gasteiger partial charge in [0.05, 0.1) is 17.2 Å². The van der Waals surface area contributed by atoms with E-state index in [0.29, 0.717) is 35.4 Å². The molecule has 3 rings (SSSR count). The minimum absolute atomic E-state index is 0.0981. The van der Waals surface area contributed by atoms with Crippen LogP contribution in [-0.4, -0.2) is 39.8 Å². The van der Waals surface area contributed by atoms with E-state index >= 15 is 0 Å². The molecule has 0 unspecified atom stereocenters. The molecule has 6 nitrogen and oxygen atoms in total. The number of nitrogens with zero attached hydrogens (tertiary/aromatic N) is 1. The van der Waals surface area contributed by atoms with Gasteiger partial charge in [-0.3, -0.25) is 9.10 Å². The molecule has 3 aromatic rings. The Bertz CT molecular complexity index is 1210. The molecule has 10 heteroatoms. The van der Waals surface area contributed by atoms with Gasteiger partial charge >= 0.3 is 0 Å².